The lowest BCUT2D eigenvalue weighted by atomic mass is 10.1. The molecular formula is C27H39N. The molecule has 1 nitrogen and oxygen atoms in total. The molecule has 152 valence electrons. The van der Waals surface area contributed by atoms with Gasteiger partial charge in [0.05, 0.1) is 0 Å². The van der Waals surface area contributed by atoms with Gasteiger partial charge in [0.25, 0.3) is 0 Å². The van der Waals surface area contributed by atoms with E-state index in [9.17, 15) is 0 Å². The molecule has 0 spiro atoms. The van der Waals surface area contributed by atoms with Gasteiger partial charge < -0.3 is 0 Å². The third-order valence-electron chi connectivity index (χ3n) is 5.23. The van der Waals surface area contributed by atoms with Gasteiger partial charge in [-0.1, -0.05) is 112 Å². The zero-order chi connectivity index (χ0) is 19.7. The molecule has 0 aromatic heterocycles. The number of nitrogens with zero attached hydrogens (tertiary/aromatic N) is 1. The first-order valence-electron chi connectivity index (χ1n) is 11.3. The van der Waals surface area contributed by atoms with Crippen molar-refractivity contribution in [3.8, 4) is 0 Å². The van der Waals surface area contributed by atoms with Crippen molar-refractivity contribution in [1.29, 1.82) is 0 Å². The lowest BCUT2D eigenvalue weighted by Crippen LogP contribution is -2.24. The summed E-state index contributed by atoms with van der Waals surface area (Å²) in [5.41, 5.74) is 2.80. The van der Waals surface area contributed by atoms with Crippen LogP contribution < -0.4 is 0 Å². The van der Waals surface area contributed by atoms with Gasteiger partial charge in [-0.3, -0.25) is 4.90 Å². The maximum atomic E-state index is 2.58. The Morgan fingerprint density at radius 1 is 0.607 bits per heavy atom. The Morgan fingerprint density at radius 2 is 1.11 bits per heavy atom. The monoisotopic (exact) mass is 377 g/mol. The molecule has 0 N–H and O–H groups in total. The van der Waals surface area contributed by atoms with Crippen molar-refractivity contribution in [2.24, 2.45) is 0 Å². The topological polar surface area (TPSA) is 3.24 Å². The van der Waals surface area contributed by atoms with Crippen molar-refractivity contribution in [2.75, 3.05) is 6.54 Å². The zero-order valence-corrected chi connectivity index (χ0v) is 17.9. The Balaban J connectivity index is 1.67. The molecule has 0 amide bonds. The quantitative estimate of drug-likeness (QED) is 0.226. The van der Waals surface area contributed by atoms with Crippen LogP contribution in [-0.2, 0) is 13.1 Å². The molecule has 2 aromatic carbocycles. The Labute approximate surface area is 173 Å². The van der Waals surface area contributed by atoms with Gasteiger partial charge in [0.2, 0.25) is 0 Å². The van der Waals surface area contributed by atoms with Gasteiger partial charge in [0.15, 0.2) is 0 Å². The number of hydrogen-bond donors (Lipinski definition) is 0. The number of benzene rings is 2. The standard InChI is InChI=1S/C27H39N/c1-2-3-4-5-6-7-8-9-10-11-18-23-28(24-26-19-14-12-15-20-26)25-27-21-16-13-17-22-27/h9-10,12-17,19-22H,2-8,11,18,23-25H2,1H3/b10-9+. The highest BCUT2D eigenvalue weighted by atomic mass is 15.1. The largest absolute Gasteiger partial charge is 0.295 e. The van der Waals surface area contributed by atoms with Crippen molar-refractivity contribution < 1.29 is 0 Å². The van der Waals surface area contributed by atoms with Gasteiger partial charge in [-0.2, -0.15) is 0 Å². The predicted octanol–water partition coefficient (Wildman–Crippen LogP) is 7.78. The van der Waals surface area contributed by atoms with E-state index in [0.29, 0.717) is 0 Å². The summed E-state index contributed by atoms with van der Waals surface area (Å²) in [6.07, 6.45) is 16.8. The Bertz CT molecular complexity index is 576. The molecule has 0 aliphatic carbocycles. The molecule has 0 saturated heterocycles. The van der Waals surface area contributed by atoms with Gasteiger partial charge in [-0.05, 0) is 43.4 Å². The van der Waals surface area contributed by atoms with Gasteiger partial charge in [0, 0.05) is 13.1 Å². The van der Waals surface area contributed by atoms with Crippen LogP contribution in [0, 0.1) is 0 Å². The van der Waals surface area contributed by atoms with Gasteiger partial charge in [0.1, 0.15) is 0 Å². The van der Waals surface area contributed by atoms with E-state index in [1.165, 1.54) is 68.9 Å². The summed E-state index contributed by atoms with van der Waals surface area (Å²) in [5.74, 6) is 0. The Hall–Kier alpha value is -1.86. The smallest absolute Gasteiger partial charge is 0.0237 e. The second-order valence-electron chi connectivity index (χ2n) is 7.85. The van der Waals surface area contributed by atoms with E-state index in [2.05, 4.69) is 84.6 Å². The van der Waals surface area contributed by atoms with E-state index in [-0.39, 0.29) is 0 Å². The van der Waals surface area contributed by atoms with Crippen LogP contribution in [0.1, 0.15) is 75.8 Å². The third-order valence-corrected chi connectivity index (χ3v) is 5.23. The fourth-order valence-corrected chi connectivity index (χ4v) is 3.61. The fourth-order valence-electron chi connectivity index (χ4n) is 3.61. The molecule has 0 aliphatic rings. The lowest BCUT2D eigenvalue weighted by Gasteiger charge is -2.22. The highest BCUT2D eigenvalue weighted by Crippen LogP contribution is 2.12. The minimum absolute atomic E-state index is 1.03. The third kappa shape index (κ3) is 10.5. The molecule has 1 heteroatoms. The van der Waals surface area contributed by atoms with E-state index in [1.807, 2.05) is 0 Å². The van der Waals surface area contributed by atoms with E-state index >= 15 is 0 Å². The SMILES string of the molecule is CCCCCCCC/C=C/CCCN(Cc1ccccc1)Cc1ccccc1. The summed E-state index contributed by atoms with van der Waals surface area (Å²) in [7, 11) is 0. The minimum atomic E-state index is 1.03. The Kier molecular flexibility index (Phi) is 12.1. The molecule has 0 bridgehead atoms. The van der Waals surface area contributed by atoms with E-state index in [1.54, 1.807) is 0 Å². The molecule has 0 fully saturated rings. The van der Waals surface area contributed by atoms with E-state index in [0.717, 1.165) is 19.6 Å². The van der Waals surface area contributed by atoms with Crippen LogP contribution in [0.25, 0.3) is 0 Å². The van der Waals surface area contributed by atoms with Gasteiger partial charge in [-0.15, -0.1) is 0 Å². The maximum absolute atomic E-state index is 2.58. The molecule has 2 aromatic rings. The highest BCUT2D eigenvalue weighted by molar-refractivity contribution is 5.17. The van der Waals surface area contributed by atoms with Gasteiger partial charge in [-0.25, -0.2) is 0 Å². The summed E-state index contributed by atoms with van der Waals surface area (Å²) in [6.45, 7) is 5.48. The van der Waals surface area contributed by atoms with Crippen molar-refractivity contribution in [3.05, 3.63) is 83.9 Å². The average molecular weight is 378 g/mol. The van der Waals surface area contributed by atoms with Crippen LogP contribution in [0.5, 0.6) is 0 Å². The maximum Gasteiger partial charge on any atom is 0.0237 e. The molecule has 0 unspecified atom stereocenters. The van der Waals surface area contributed by atoms with E-state index in [4.69, 9.17) is 0 Å². The second kappa shape index (κ2) is 15.1. The predicted molar refractivity (Wildman–Crippen MR) is 123 cm³/mol. The molecule has 2 rings (SSSR count). The average Bonchev–Trinajstić information content (AvgIpc) is 2.73. The van der Waals surface area contributed by atoms with Crippen molar-refractivity contribution in [2.45, 2.75) is 77.8 Å². The fraction of sp³-hybridized carbons (Fsp3) is 0.481. The van der Waals surface area contributed by atoms with Crippen molar-refractivity contribution >= 4 is 0 Å². The summed E-state index contributed by atoms with van der Waals surface area (Å²) in [4.78, 5) is 2.58. The molecule has 0 aliphatic heterocycles. The molecule has 0 atom stereocenters. The molecule has 0 heterocycles. The number of hydrogen-bond acceptors (Lipinski definition) is 1. The highest BCUT2D eigenvalue weighted by Gasteiger charge is 2.06. The first-order valence-corrected chi connectivity index (χ1v) is 11.3. The van der Waals surface area contributed by atoms with E-state index < -0.39 is 0 Å². The molecule has 0 saturated carbocycles. The Morgan fingerprint density at radius 3 is 1.68 bits per heavy atom. The number of rotatable bonds is 15. The first-order chi connectivity index (χ1) is 13.9. The van der Waals surface area contributed by atoms with Crippen LogP contribution in [0.3, 0.4) is 0 Å². The minimum Gasteiger partial charge on any atom is -0.295 e. The summed E-state index contributed by atoms with van der Waals surface area (Å²) < 4.78 is 0. The van der Waals surface area contributed by atoms with Crippen molar-refractivity contribution in [1.82, 2.24) is 4.90 Å². The van der Waals surface area contributed by atoms with Crippen LogP contribution in [0.15, 0.2) is 72.8 Å². The summed E-state index contributed by atoms with van der Waals surface area (Å²) in [6, 6.07) is 21.7. The normalized spacial score (nSPS) is 11.5. The van der Waals surface area contributed by atoms with Crippen LogP contribution in [0.2, 0.25) is 0 Å². The van der Waals surface area contributed by atoms with Crippen molar-refractivity contribution in [3.63, 3.8) is 0 Å². The zero-order valence-electron chi connectivity index (χ0n) is 17.9. The van der Waals surface area contributed by atoms with Gasteiger partial charge >= 0.3 is 0 Å². The first kappa shape index (κ1) is 22.4. The summed E-state index contributed by atoms with van der Waals surface area (Å²) >= 11 is 0. The lowest BCUT2D eigenvalue weighted by molar-refractivity contribution is 0.254. The van der Waals surface area contributed by atoms with Crippen LogP contribution in [-0.4, -0.2) is 11.4 Å². The number of allylic oxidation sites excluding steroid dienone is 2. The second-order valence-corrected chi connectivity index (χ2v) is 7.85. The number of unbranched alkanes of at least 4 members (excludes halogenated alkanes) is 7. The molecule has 28 heavy (non-hydrogen) atoms. The van der Waals surface area contributed by atoms with Crippen LogP contribution >= 0.6 is 0 Å². The molecular weight excluding hydrogens is 338 g/mol. The molecule has 0 radical (unpaired) electrons. The summed E-state index contributed by atoms with van der Waals surface area (Å²) in [5, 5.41) is 0. The van der Waals surface area contributed by atoms with Crippen LogP contribution in [0.4, 0.5) is 0 Å².